The quantitative estimate of drug-likeness (QED) is 0.673. The number of carbonyl (C=O) groups excluding carboxylic acids is 2. The first kappa shape index (κ1) is 17.4. The van der Waals surface area contributed by atoms with Gasteiger partial charge in [0.05, 0.1) is 10.5 Å². The van der Waals surface area contributed by atoms with E-state index in [0.29, 0.717) is 26.2 Å². The molecule has 9 heteroatoms. The van der Waals surface area contributed by atoms with Crippen molar-refractivity contribution in [2.24, 2.45) is 0 Å². The van der Waals surface area contributed by atoms with E-state index in [-0.39, 0.29) is 17.0 Å². The van der Waals surface area contributed by atoms with E-state index in [0.717, 1.165) is 5.01 Å². The van der Waals surface area contributed by atoms with Crippen molar-refractivity contribution in [3.05, 3.63) is 29.8 Å². The zero-order valence-corrected chi connectivity index (χ0v) is 13.6. The molecular weight excluding hydrogens is 322 g/mol. The highest BCUT2D eigenvalue weighted by Crippen LogP contribution is 2.21. The number of nitrogens with one attached hydrogen (secondary N) is 2. The Kier molecular flexibility index (Phi) is 5.69. The summed E-state index contributed by atoms with van der Waals surface area (Å²) in [5, 5.41) is 3.41. The molecular formula is C14H19N3O5S. The van der Waals surface area contributed by atoms with Gasteiger partial charge in [-0.05, 0) is 25.5 Å². The normalized spacial score (nSPS) is 16.0. The van der Waals surface area contributed by atoms with Gasteiger partial charge in [0, 0.05) is 19.8 Å². The number of hydrogen-bond donors (Lipinski definition) is 2. The second kappa shape index (κ2) is 7.53. The van der Waals surface area contributed by atoms with Crippen molar-refractivity contribution in [1.82, 2.24) is 15.2 Å². The Hall–Kier alpha value is -1.97. The van der Waals surface area contributed by atoms with Crippen LogP contribution >= 0.6 is 0 Å². The van der Waals surface area contributed by atoms with Crippen LogP contribution in [0.4, 0.5) is 0 Å². The van der Waals surface area contributed by atoms with Gasteiger partial charge in [-0.1, -0.05) is 12.1 Å². The molecule has 0 unspecified atom stereocenters. The summed E-state index contributed by atoms with van der Waals surface area (Å²) < 4.78 is 29.3. The van der Waals surface area contributed by atoms with E-state index >= 15 is 0 Å². The molecule has 1 aliphatic heterocycles. The van der Waals surface area contributed by atoms with Crippen molar-refractivity contribution in [2.75, 3.05) is 26.3 Å². The van der Waals surface area contributed by atoms with Gasteiger partial charge in [-0.3, -0.25) is 14.6 Å². The molecule has 1 aliphatic rings. The number of ether oxygens (including phenoxy) is 1. The van der Waals surface area contributed by atoms with Gasteiger partial charge in [-0.15, -0.1) is 4.83 Å². The zero-order chi connectivity index (χ0) is 16.9. The first-order valence-electron chi connectivity index (χ1n) is 7.23. The Balaban J connectivity index is 1.97. The molecule has 0 aromatic heterocycles. The molecule has 0 fully saturated rings. The van der Waals surface area contributed by atoms with E-state index in [2.05, 4.69) is 10.1 Å². The molecule has 1 aromatic carbocycles. The van der Waals surface area contributed by atoms with Crippen LogP contribution < -0.4 is 10.1 Å². The highest BCUT2D eigenvalue weighted by atomic mass is 32.2. The number of hydrazine groups is 1. The van der Waals surface area contributed by atoms with E-state index in [1.165, 1.54) is 18.2 Å². The number of amides is 2. The summed E-state index contributed by atoms with van der Waals surface area (Å²) in [7, 11) is -3.85. The fourth-order valence-corrected chi connectivity index (χ4v) is 3.35. The van der Waals surface area contributed by atoms with Gasteiger partial charge in [0.25, 0.3) is 15.9 Å². The van der Waals surface area contributed by atoms with E-state index in [9.17, 15) is 18.0 Å². The Labute approximate surface area is 134 Å². The molecule has 0 bridgehead atoms. The maximum Gasteiger partial charge on any atom is 0.270 e. The molecule has 2 rings (SSSR count). The van der Waals surface area contributed by atoms with E-state index in [1.54, 1.807) is 6.07 Å². The summed E-state index contributed by atoms with van der Waals surface area (Å²) in [5.41, 5.74) is 0.0513. The molecule has 0 aliphatic carbocycles. The summed E-state index contributed by atoms with van der Waals surface area (Å²) in [6.07, 6.45) is 0.641. The van der Waals surface area contributed by atoms with Gasteiger partial charge in [-0.25, -0.2) is 8.42 Å². The molecule has 2 amide bonds. The molecule has 0 saturated heterocycles. The average Bonchev–Trinajstić information content (AvgIpc) is 2.52. The Bertz CT molecular complexity index is 689. The highest BCUT2D eigenvalue weighted by Gasteiger charge is 2.34. The molecule has 2 N–H and O–H groups in total. The number of sulfonamides is 1. The van der Waals surface area contributed by atoms with Crippen LogP contribution in [0, 0.1) is 0 Å². The maximum absolute atomic E-state index is 12.3. The fraction of sp³-hybridized carbons (Fsp3) is 0.429. The van der Waals surface area contributed by atoms with E-state index in [1.807, 2.05) is 6.92 Å². The van der Waals surface area contributed by atoms with Gasteiger partial charge in [0.2, 0.25) is 5.91 Å². The lowest BCUT2D eigenvalue weighted by Gasteiger charge is -2.28. The first-order chi connectivity index (χ1) is 11.0. The predicted molar refractivity (Wildman–Crippen MR) is 81.9 cm³/mol. The zero-order valence-electron chi connectivity index (χ0n) is 12.7. The summed E-state index contributed by atoms with van der Waals surface area (Å²) in [5.74, 6) is -1.00. The van der Waals surface area contributed by atoms with Gasteiger partial charge < -0.3 is 10.1 Å². The van der Waals surface area contributed by atoms with Gasteiger partial charge >= 0.3 is 0 Å². The highest BCUT2D eigenvalue weighted by molar-refractivity contribution is 7.89. The molecule has 126 valence electrons. The lowest BCUT2D eigenvalue weighted by molar-refractivity contribution is -0.122. The van der Waals surface area contributed by atoms with Gasteiger partial charge in [0.15, 0.2) is 0 Å². The third-order valence-electron chi connectivity index (χ3n) is 3.18. The van der Waals surface area contributed by atoms with Crippen molar-refractivity contribution in [2.45, 2.75) is 18.2 Å². The van der Waals surface area contributed by atoms with Crippen molar-refractivity contribution in [3.63, 3.8) is 0 Å². The number of benzene rings is 1. The van der Waals surface area contributed by atoms with E-state index < -0.39 is 21.8 Å². The third-order valence-corrected chi connectivity index (χ3v) is 4.57. The summed E-state index contributed by atoms with van der Waals surface area (Å²) >= 11 is 0. The van der Waals surface area contributed by atoms with Crippen LogP contribution in [-0.2, 0) is 19.6 Å². The van der Waals surface area contributed by atoms with Crippen LogP contribution in [0.3, 0.4) is 0 Å². The number of nitrogens with zero attached hydrogens (tertiary/aromatic N) is 1. The second-order valence-corrected chi connectivity index (χ2v) is 6.51. The summed E-state index contributed by atoms with van der Waals surface area (Å²) in [4.78, 5) is 26.1. The molecule has 23 heavy (non-hydrogen) atoms. The number of fused-ring (bicyclic) bond motifs is 1. The largest absolute Gasteiger partial charge is 0.382 e. The minimum absolute atomic E-state index is 0.0513. The average molecular weight is 341 g/mol. The molecule has 0 radical (unpaired) electrons. The van der Waals surface area contributed by atoms with Gasteiger partial charge in [-0.2, -0.15) is 0 Å². The summed E-state index contributed by atoms with van der Waals surface area (Å²) in [6, 6.07) is 5.87. The molecule has 1 heterocycles. The fourth-order valence-electron chi connectivity index (χ4n) is 2.11. The lowest BCUT2D eigenvalue weighted by atomic mass is 10.2. The lowest BCUT2D eigenvalue weighted by Crippen LogP contribution is -2.53. The smallest absolute Gasteiger partial charge is 0.270 e. The molecule has 0 saturated carbocycles. The SMILES string of the molecule is CCOCCCNC(=O)CN1NS(=O)(=O)c2ccccc2C1=O. The molecule has 0 atom stereocenters. The van der Waals surface area contributed by atoms with E-state index in [4.69, 9.17) is 4.74 Å². The monoisotopic (exact) mass is 341 g/mol. The van der Waals surface area contributed by atoms with Crippen LogP contribution in [-0.4, -0.2) is 51.5 Å². The van der Waals surface area contributed by atoms with Crippen LogP contribution in [0.2, 0.25) is 0 Å². The van der Waals surface area contributed by atoms with Crippen LogP contribution in [0.25, 0.3) is 0 Å². The molecule has 1 aromatic rings. The summed E-state index contributed by atoms with van der Waals surface area (Å²) in [6.45, 7) is 3.02. The van der Waals surface area contributed by atoms with Crippen LogP contribution in [0.1, 0.15) is 23.7 Å². The third kappa shape index (κ3) is 4.27. The Morgan fingerprint density at radius 2 is 2.09 bits per heavy atom. The van der Waals surface area contributed by atoms with Crippen molar-refractivity contribution >= 4 is 21.8 Å². The van der Waals surface area contributed by atoms with Crippen LogP contribution in [0.5, 0.6) is 0 Å². The number of rotatable bonds is 7. The maximum atomic E-state index is 12.3. The first-order valence-corrected chi connectivity index (χ1v) is 8.72. The Morgan fingerprint density at radius 1 is 1.35 bits per heavy atom. The minimum Gasteiger partial charge on any atom is -0.382 e. The topological polar surface area (TPSA) is 105 Å². The minimum atomic E-state index is -3.85. The Morgan fingerprint density at radius 3 is 2.83 bits per heavy atom. The second-order valence-electron chi connectivity index (χ2n) is 4.88. The van der Waals surface area contributed by atoms with Crippen LogP contribution in [0.15, 0.2) is 29.2 Å². The van der Waals surface area contributed by atoms with Gasteiger partial charge in [0.1, 0.15) is 6.54 Å². The van der Waals surface area contributed by atoms with Crippen molar-refractivity contribution in [1.29, 1.82) is 0 Å². The molecule has 8 nitrogen and oxygen atoms in total. The predicted octanol–water partition coefficient (Wildman–Crippen LogP) is -0.121. The number of hydrogen-bond acceptors (Lipinski definition) is 5. The van der Waals surface area contributed by atoms with Crippen molar-refractivity contribution < 1.29 is 22.7 Å². The standard InChI is InChI=1S/C14H19N3O5S/c1-2-22-9-5-8-15-13(18)10-17-14(19)11-6-3-4-7-12(11)23(20,21)16-17/h3-4,6-7,16H,2,5,8-10H2,1H3,(H,15,18). The number of carbonyl (C=O) groups is 2. The van der Waals surface area contributed by atoms with Crippen molar-refractivity contribution in [3.8, 4) is 0 Å². The molecule has 0 spiro atoms.